The summed E-state index contributed by atoms with van der Waals surface area (Å²) in [4.78, 5) is 31.4. The molecule has 1 heterocycles. The highest BCUT2D eigenvalue weighted by molar-refractivity contribution is 7.98. The molecule has 2 aromatic carbocycles. The molecule has 2 N–H and O–H groups in total. The first-order chi connectivity index (χ1) is 13.4. The van der Waals surface area contributed by atoms with Gasteiger partial charge in [-0.2, -0.15) is 0 Å². The summed E-state index contributed by atoms with van der Waals surface area (Å²) in [7, 11) is 0. The summed E-state index contributed by atoms with van der Waals surface area (Å²) in [6.45, 7) is 4.01. The van der Waals surface area contributed by atoms with Crippen molar-refractivity contribution in [1.29, 1.82) is 0 Å². The first-order valence-electron chi connectivity index (χ1n) is 8.73. The Balaban J connectivity index is 1.66. The van der Waals surface area contributed by atoms with Gasteiger partial charge >= 0.3 is 0 Å². The van der Waals surface area contributed by atoms with Gasteiger partial charge in [-0.15, -0.1) is 0 Å². The van der Waals surface area contributed by atoms with Crippen LogP contribution in [0.25, 0.3) is 0 Å². The standard InChI is InChI=1S/C21H20ClN3O2S/c1-13-6-7-17(8-14(13)2)23-19(26)10-18-11-20(27)25-21(24-18)28-12-15-4-3-5-16(22)9-15/h3-9,11H,10,12H2,1-2H3,(H,23,26)(H,24,25,27). The molecule has 3 aromatic rings. The van der Waals surface area contributed by atoms with E-state index in [0.717, 1.165) is 22.4 Å². The summed E-state index contributed by atoms with van der Waals surface area (Å²) >= 11 is 7.38. The number of hydrogen-bond acceptors (Lipinski definition) is 4. The van der Waals surface area contributed by atoms with Crippen LogP contribution in [0.2, 0.25) is 5.02 Å². The molecule has 0 saturated carbocycles. The highest BCUT2D eigenvalue weighted by atomic mass is 35.5. The van der Waals surface area contributed by atoms with Gasteiger partial charge in [0.25, 0.3) is 5.56 Å². The Labute approximate surface area is 172 Å². The van der Waals surface area contributed by atoms with Crippen LogP contribution in [0.1, 0.15) is 22.4 Å². The van der Waals surface area contributed by atoms with Gasteiger partial charge in [0.1, 0.15) is 0 Å². The monoisotopic (exact) mass is 413 g/mol. The average molecular weight is 414 g/mol. The minimum atomic E-state index is -0.280. The third-order valence-corrected chi connectivity index (χ3v) is 5.35. The van der Waals surface area contributed by atoms with Gasteiger partial charge < -0.3 is 10.3 Å². The minimum absolute atomic E-state index is 0.0293. The number of anilines is 1. The second-order valence-electron chi connectivity index (χ2n) is 6.48. The van der Waals surface area contributed by atoms with Crippen molar-refractivity contribution < 1.29 is 4.79 Å². The van der Waals surface area contributed by atoms with Crippen molar-refractivity contribution in [3.05, 3.63) is 86.3 Å². The number of H-pyrrole nitrogens is 1. The first-order valence-corrected chi connectivity index (χ1v) is 10.1. The number of nitrogens with one attached hydrogen (secondary N) is 2. The number of nitrogens with zero attached hydrogens (tertiary/aromatic N) is 1. The molecular formula is C21H20ClN3O2S. The van der Waals surface area contributed by atoms with E-state index in [1.54, 1.807) is 0 Å². The minimum Gasteiger partial charge on any atom is -0.326 e. The molecule has 0 atom stereocenters. The van der Waals surface area contributed by atoms with Gasteiger partial charge in [0.15, 0.2) is 5.16 Å². The molecule has 144 valence electrons. The zero-order chi connectivity index (χ0) is 20.1. The number of thioether (sulfide) groups is 1. The molecule has 0 aliphatic rings. The molecule has 0 aliphatic heterocycles. The largest absolute Gasteiger partial charge is 0.326 e. The van der Waals surface area contributed by atoms with Crippen LogP contribution >= 0.6 is 23.4 Å². The summed E-state index contributed by atoms with van der Waals surface area (Å²) < 4.78 is 0. The van der Waals surface area contributed by atoms with E-state index in [2.05, 4.69) is 15.3 Å². The van der Waals surface area contributed by atoms with Gasteiger partial charge in [-0.25, -0.2) is 4.98 Å². The van der Waals surface area contributed by atoms with Crippen LogP contribution in [0.4, 0.5) is 5.69 Å². The van der Waals surface area contributed by atoms with Crippen molar-refractivity contribution in [2.75, 3.05) is 5.32 Å². The second kappa shape index (κ2) is 9.08. The fraction of sp³-hybridized carbons (Fsp3) is 0.190. The van der Waals surface area contributed by atoms with Crippen molar-refractivity contribution >= 4 is 35.0 Å². The number of aryl methyl sites for hydroxylation is 2. The zero-order valence-electron chi connectivity index (χ0n) is 15.6. The van der Waals surface area contributed by atoms with Gasteiger partial charge in [-0.05, 0) is 54.8 Å². The summed E-state index contributed by atoms with van der Waals surface area (Å²) in [5.74, 6) is 0.397. The summed E-state index contributed by atoms with van der Waals surface area (Å²) in [6.07, 6.45) is 0.0293. The summed E-state index contributed by atoms with van der Waals surface area (Å²) in [5, 5.41) is 3.99. The summed E-state index contributed by atoms with van der Waals surface area (Å²) in [6, 6.07) is 14.6. The van der Waals surface area contributed by atoms with Gasteiger partial charge in [0.2, 0.25) is 5.91 Å². The topological polar surface area (TPSA) is 74.8 Å². The number of carbonyl (C=O) groups excluding carboxylic acids is 1. The molecule has 1 aromatic heterocycles. The van der Waals surface area contributed by atoms with Crippen LogP contribution in [-0.2, 0) is 17.0 Å². The van der Waals surface area contributed by atoms with E-state index in [1.165, 1.54) is 17.8 Å². The van der Waals surface area contributed by atoms with Crippen LogP contribution in [0, 0.1) is 13.8 Å². The van der Waals surface area contributed by atoms with Crippen LogP contribution in [0.15, 0.2) is 58.5 Å². The Kier molecular flexibility index (Phi) is 6.54. The number of halogens is 1. The van der Waals surface area contributed by atoms with E-state index in [4.69, 9.17) is 11.6 Å². The SMILES string of the molecule is Cc1ccc(NC(=O)Cc2cc(=O)[nH]c(SCc3cccc(Cl)c3)n2)cc1C. The second-order valence-corrected chi connectivity index (χ2v) is 7.88. The van der Waals surface area contributed by atoms with Crippen molar-refractivity contribution in [3.8, 4) is 0 Å². The Bertz CT molecular complexity index is 1070. The fourth-order valence-corrected chi connectivity index (χ4v) is 3.66. The smallest absolute Gasteiger partial charge is 0.251 e. The third-order valence-electron chi connectivity index (χ3n) is 4.17. The molecule has 0 unspecified atom stereocenters. The highest BCUT2D eigenvalue weighted by Crippen LogP contribution is 2.21. The molecule has 0 fully saturated rings. The molecular weight excluding hydrogens is 394 g/mol. The Morgan fingerprint density at radius 3 is 2.71 bits per heavy atom. The van der Waals surface area contributed by atoms with E-state index < -0.39 is 0 Å². The predicted molar refractivity (Wildman–Crippen MR) is 114 cm³/mol. The normalized spacial score (nSPS) is 10.7. The van der Waals surface area contributed by atoms with Gasteiger partial charge in [-0.1, -0.05) is 41.6 Å². The third kappa shape index (κ3) is 5.71. The first kappa shape index (κ1) is 20.2. The Hall–Kier alpha value is -2.57. The molecule has 1 amide bonds. The number of aromatic nitrogens is 2. The Morgan fingerprint density at radius 2 is 1.96 bits per heavy atom. The van der Waals surface area contributed by atoms with E-state index in [1.807, 2.05) is 56.3 Å². The average Bonchev–Trinajstić information content (AvgIpc) is 2.63. The molecule has 3 rings (SSSR count). The lowest BCUT2D eigenvalue weighted by atomic mass is 10.1. The lowest BCUT2D eigenvalue weighted by molar-refractivity contribution is -0.115. The number of aromatic amines is 1. The molecule has 7 heteroatoms. The van der Waals surface area contributed by atoms with Gasteiger partial charge in [-0.3, -0.25) is 9.59 Å². The van der Waals surface area contributed by atoms with E-state index in [0.29, 0.717) is 21.6 Å². The van der Waals surface area contributed by atoms with E-state index in [-0.39, 0.29) is 17.9 Å². The highest BCUT2D eigenvalue weighted by Gasteiger charge is 2.09. The lowest BCUT2D eigenvalue weighted by Gasteiger charge is -2.08. The maximum absolute atomic E-state index is 12.3. The van der Waals surface area contributed by atoms with E-state index in [9.17, 15) is 9.59 Å². The maximum Gasteiger partial charge on any atom is 0.251 e. The molecule has 5 nitrogen and oxygen atoms in total. The van der Waals surface area contributed by atoms with Crippen LogP contribution in [0.5, 0.6) is 0 Å². The van der Waals surface area contributed by atoms with E-state index >= 15 is 0 Å². The van der Waals surface area contributed by atoms with Crippen LogP contribution in [-0.4, -0.2) is 15.9 Å². The number of carbonyl (C=O) groups is 1. The number of amides is 1. The number of rotatable bonds is 6. The maximum atomic E-state index is 12.3. The van der Waals surface area contributed by atoms with Gasteiger partial charge in [0, 0.05) is 22.5 Å². The van der Waals surface area contributed by atoms with Crippen molar-refractivity contribution in [3.63, 3.8) is 0 Å². The zero-order valence-corrected chi connectivity index (χ0v) is 17.2. The Morgan fingerprint density at radius 1 is 1.14 bits per heavy atom. The fourth-order valence-electron chi connectivity index (χ4n) is 2.61. The molecule has 0 bridgehead atoms. The van der Waals surface area contributed by atoms with Gasteiger partial charge in [0.05, 0.1) is 12.1 Å². The molecule has 0 spiro atoms. The van der Waals surface area contributed by atoms with Crippen LogP contribution < -0.4 is 10.9 Å². The summed E-state index contributed by atoms with van der Waals surface area (Å²) in [5.41, 5.74) is 4.17. The molecule has 0 aliphatic carbocycles. The number of hydrogen-bond donors (Lipinski definition) is 2. The van der Waals surface area contributed by atoms with Crippen molar-refractivity contribution in [1.82, 2.24) is 9.97 Å². The molecule has 0 saturated heterocycles. The molecule has 28 heavy (non-hydrogen) atoms. The lowest BCUT2D eigenvalue weighted by Crippen LogP contribution is -2.18. The molecule has 0 radical (unpaired) electrons. The van der Waals surface area contributed by atoms with Crippen molar-refractivity contribution in [2.24, 2.45) is 0 Å². The van der Waals surface area contributed by atoms with Crippen LogP contribution in [0.3, 0.4) is 0 Å². The quantitative estimate of drug-likeness (QED) is 0.460. The number of benzene rings is 2. The predicted octanol–water partition coefficient (Wildman–Crippen LogP) is 4.51. The van der Waals surface area contributed by atoms with Crippen molar-refractivity contribution in [2.45, 2.75) is 31.2 Å².